The standard InChI is InChI=1S/C21H28N4OS2/c1-3-24-11-8-17-16(13-22-21(15-26-21)23-18-7-6-12-27-18)19(25-9-4-5-10-25)28-20(17,2)14-24/h4-7,9-10,12,17,22-23H,3,8,11,13-15H2,1-2H3. The van der Waals surface area contributed by atoms with Crippen molar-refractivity contribution in [3.8, 4) is 0 Å². The number of anilines is 1. The number of fused-ring (bicyclic) bond motifs is 1. The van der Waals surface area contributed by atoms with Gasteiger partial charge < -0.3 is 19.5 Å². The second-order valence-corrected chi connectivity index (χ2v) is 10.6. The SMILES string of the molecule is CCN1CCC2C(CNC3(Nc4cccs4)CO3)=C(n3cccc3)SC2(C)C1. The van der Waals surface area contributed by atoms with Crippen LogP contribution in [0.4, 0.5) is 5.00 Å². The zero-order chi connectivity index (χ0) is 19.2. The van der Waals surface area contributed by atoms with Gasteiger partial charge in [0.1, 0.15) is 6.61 Å². The minimum absolute atomic E-state index is 0.240. The number of rotatable bonds is 7. The third kappa shape index (κ3) is 3.44. The molecule has 150 valence electrons. The topological polar surface area (TPSA) is 44.8 Å². The molecule has 0 spiro atoms. The summed E-state index contributed by atoms with van der Waals surface area (Å²) in [4.78, 5) is 2.59. The van der Waals surface area contributed by atoms with E-state index in [1.165, 1.54) is 23.6 Å². The Kier molecular flexibility index (Phi) is 4.83. The Bertz CT molecular complexity index is 844. The summed E-state index contributed by atoms with van der Waals surface area (Å²) in [5.74, 6) is 0.190. The van der Waals surface area contributed by atoms with Crippen molar-refractivity contribution in [3.63, 3.8) is 0 Å². The summed E-state index contributed by atoms with van der Waals surface area (Å²) in [6.07, 6.45) is 5.58. The van der Waals surface area contributed by atoms with Crippen molar-refractivity contribution in [2.24, 2.45) is 5.92 Å². The number of thiophene rings is 1. The van der Waals surface area contributed by atoms with E-state index in [1.54, 1.807) is 11.3 Å². The lowest BCUT2D eigenvalue weighted by Crippen LogP contribution is -2.50. The fourth-order valence-electron chi connectivity index (χ4n) is 4.57. The van der Waals surface area contributed by atoms with E-state index in [2.05, 4.69) is 87.7 Å². The molecule has 2 fully saturated rings. The van der Waals surface area contributed by atoms with Gasteiger partial charge in [-0.3, -0.25) is 5.32 Å². The quantitative estimate of drug-likeness (QED) is 0.529. The van der Waals surface area contributed by atoms with Gasteiger partial charge in [-0.05, 0) is 61.7 Å². The van der Waals surface area contributed by atoms with Crippen LogP contribution in [0.3, 0.4) is 0 Å². The fourth-order valence-corrected chi connectivity index (χ4v) is 6.91. The molecule has 2 aromatic heterocycles. The first-order valence-electron chi connectivity index (χ1n) is 10.1. The summed E-state index contributed by atoms with van der Waals surface area (Å²) in [5, 5.41) is 11.8. The Morgan fingerprint density at radius 1 is 1.29 bits per heavy atom. The average molecular weight is 417 g/mol. The molecule has 0 amide bonds. The molecule has 2 N–H and O–H groups in total. The van der Waals surface area contributed by atoms with Crippen molar-refractivity contribution in [1.29, 1.82) is 0 Å². The van der Waals surface area contributed by atoms with Crippen LogP contribution in [0.25, 0.3) is 5.03 Å². The predicted molar refractivity (Wildman–Crippen MR) is 118 cm³/mol. The molecular weight excluding hydrogens is 388 g/mol. The third-order valence-corrected chi connectivity index (χ3v) is 8.50. The number of aromatic nitrogens is 1. The van der Waals surface area contributed by atoms with Gasteiger partial charge in [0, 0.05) is 36.1 Å². The van der Waals surface area contributed by atoms with Gasteiger partial charge in [0.05, 0.1) is 10.0 Å². The Balaban J connectivity index is 1.38. The first kappa shape index (κ1) is 18.8. The average Bonchev–Trinajstić information content (AvgIpc) is 3.11. The molecule has 3 aliphatic rings. The summed E-state index contributed by atoms with van der Waals surface area (Å²) < 4.78 is 8.33. The molecule has 0 bridgehead atoms. The van der Waals surface area contributed by atoms with E-state index in [9.17, 15) is 0 Å². The first-order chi connectivity index (χ1) is 13.6. The molecule has 5 rings (SSSR count). The highest BCUT2D eigenvalue weighted by atomic mass is 32.2. The molecule has 5 heterocycles. The van der Waals surface area contributed by atoms with Crippen LogP contribution in [0.1, 0.15) is 20.3 Å². The number of piperidine rings is 1. The number of nitrogens with zero attached hydrogens (tertiary/aromatic N) is 2. The largest absolute Gasteiger partial charge is 0.335 e. The lowest BCUT2D eigenvalue weighted by molar-refractivity contribution is 0.173. The van der Waals surface area contributed by atoms with E-state index in [0.717, 1.165) is 24.6 Å². The molecule has 2 saturated heterocycles. The molecule has 3 unspecified atom stereocenters. The Morgan fingerprint density at radius 2 is 2.11 bits per heavy atom. The first-order valence-corrected chi connectivity index (χ1v) is 11.8. The Morgan fingerprint density at radius 3 is 2.79 bits per heavy atom. The third-order valence-electron chi connectivity index (χ3n) is 6.16. The normalized spacial score (nSPS) is 32.6. The van der Waals surface area contributed by atoms with Crippen molar-refractivity contribution in [3.05, 3.63) is 47.6 Å². The van der Waals surface area contributed by atoms with Gasteiger partial charge in [-0.15, -0.1) is 11.3 Å². The van der Waals surface area contributed by atoms with Crippen LogP contribution in [0, 0.1) is 5.92 Å². The van der Waals surface area contributed by atoms with Gasteiger partial charge in [0.15, 0.2) is 0 Å². The monoisotopic (exact) mass is 416 g/mol. The van der Waals surface area contributed by atoms with Crippen LogP contribution in [0.15, 0.2) is 47.6 Å². The second-order valence-electron chi connectivity index (χ2n) is 8.12. The van der Waals surface area contributed by atoms with Gasteiger partial charge >= 0.3 is 0 Å². The fraction of sp³-hybridized carbons (Fsp3) is 0.524. The molecule has 7 heteroatoms. The van der Waals surface area contributed by atoms with Crippen molar-refractivity contribution in [2.75, 3.05) is 38.1 Å². The van der Waals surface area contributed by atoms with Crippen LogP contribution in [0.5, 0.6) is 0 Å². The Hall–Kier alpha value is -1.25. The smallest absolute Gasteiger partial charge is 0.221 e. The maximum atomic E-state index is 5.79. The molecule has 28 heavy (non-hydrogen) atoms. The highest BCUT2D eigenvalue weighted by Crippen LogP contribution is 2.55. The molecular formula is C21H28N4OS2. The van der Waals surface area contributed by atoms with Crippen molar-refractivity contribution in [1.82, 2.24) is 14.8 Å². The number of epoxide rings is 1. The van der Waals surface area contributed by atoms with Crippen LogP contribution < -0.4 is 10.6 Å². The molecule has 0 saturated carbocycles. The van der Waals surface area contributed by atoms with E-state index in [-0.39, 0.29) is 4.75 Å². The highest BCUT2D eigenvalue weighted by molar-refractivity contribution is 8.09. The number of nitrogens with one attached hydrogen (secondary N) is 2. The minimum Gasteiger partial charge on any atom is -0.335 e. The lowest BCUT2D eigenvalue weighted by Gasteiger charge is -2.42. The van der Waals surface area contributed by atoms with Gasteiger partial charge in [0.25, 0.3) is 0 Å². The van der Waals surface area contributed by atoms with Crippen LogP contribution >= 0.6 is 23.1 Å². The molecule has 2 aromatic rings. The zero-order valence-corrected chi connectivity index (χ0v) is 18.1. The van der Waals surface area contributed by atoms with Crippen LogP contribution in [0.2, 0.25) is 0 Å². The minimum atomic E-state index is -0.409. The van der Waals surface area contributed by atoms with Gasteiger partial charge in [-0.1, -0.05) is 18.7 Å². The maximum absolute atomic E-state index is 5.79. The number of likely N-dealkylation sites (tertiary alicyclic amines) is 1. The molecule has 0 radical (unpaired) electrons. The summed E-state index contributed by atoms with van der Waals surface area (Å²) >= 11 is 3.77. The number of hydrogen-bond donors (Lipinski definition) is 2. The van der Waals surface area contributed by atoms with E-state index in [4.69, 9.17) is 4.74 Å². The van der Waals surface area contributed by atoms with E-state index in [1.807, 2.05) is 0 Å². The molecule has 0 aromatic carbocycles. The van der Waals surface area contributed by atoms with E-state index in [0.29, 0.717) is 12.5 Å². The summed E-state index contributed by atoms with van der Waals surface area (Å²) in [5.41, 5.74) is 1.53. The van der Waals surface area contributed by atoms with Crippen molar-refractivity contribution >= 4 is 33.1 Å². The van der Waals surface area contributed by atoms with E-state index >= 15 is 0 Å². The number of ether oxygens (including phenoxy) is 1. The molecule has 3 aliphatic heterocycles. The molecule has 3 atom stereocenters. The number of thioether (sulfide) groups is 1. The zero-order valence-electron chi connectivity index (χ0n) is 16.5. The Labute approximate surface area is 175 Å². The number of hydrogen-bond acceptors (Lipinski definition) is 6. The maximum Gasteiger partial charge on any atom is 0.221 e. The lowest BCUT2D eigenvalue weighted by atomic mass is 9.81. The molecule has 5 nitrogen and oxygen atoms in total. The summed E-state index contributed by atoms with van der Waals surface area (Å²) in [7, 11) is 0. The second kappa shape index (κ2) is 7.22. The van der Waals surface area contributed by atoms with E-state index < -0.39 is 5.85 Å². The van der Waals surface area contributed by atoms with Gasteiger partial charge in [0.2, 0.25) is 5.85 Å². The van der Waals surface area contributed by atoms with Crippen molar-refractivity contribution < 1.29 is 4.74 Å². The highest BCUT2D eigenvalue weighted by Gasteiger charge is 2.50. The van der Waals surface area contributed by atoms with Crippen LogP contribution in [-0.2, 0) is 4.74 Å². The summed E-state index contributed by atoms with van der Waals surface area (Å²) in [6.45, 7) is 9.76. The summed E-state index contributed by atoms with van der Waals surface area (Å²) in [6, 6.07) is 8.40. The van der Waals surface area contributed by atoms with Crippen molar-refractivity contribution in [2.45, 2.75) is 30.9 Å². The molecule has 0 aliphatic carbocycles. The predicted octanol–water partition coefficient (Wildman–Crippen LogP) is 3.95. The van der Waals surface area contributed by atoms with Gasteiger partial charge in [-0.2, -0.15) is 0 Å². The van der Waals surface area contributed by atoms with Gasteiger partial charge in [-0.25, -0.2) is 0 Å². The van der Waals surface area contributed by atoms with Crippen LogP contribution in [-0.4, -0.2) is 52.8 Å².